The lowest BCUT2D eigenvalue weighted by Gasteiger charge is -2.07. The van der Waals surface area contributed by atoms with Crippen LogP contribution in [0.2, 0.25) is 5.15 Å². The van der Waals surface area contributed by atoms with Gasteiger partial charge in [-0.1, -0.05) is 11.6 Å². The van der Waals surface area contributed by atoms with Crippen molar-refractivity contribution in [2.45, 2.75) is 20.1 Å². The second-order valence-corrected chi connectivity index (χ2v) is 4.20. The smallest absolute Gasteiger partial charge is 0.156 e. The normalized spacial score (nSPS) is 10.7. The predicted molar refractivity (Wildman–Crippen MR) is 65.8 cm³/mol. The molecule has 0 amide bonds. The maximum Gasteiger partial charge on any atom is 0.156 e. The van der Waals surface area contributed by atoms with Crippen LogP contribution in [-0.4, -0.2) is 23.7 Å². The Morgan fingerprint density at radius 3 is 2.67 bits per heavy atom. The number of rotatable bonds is 5. The molecule has 0 N–H and O–H groups in total. The molecule has 15 heavy (non-hydrogen) atoms. The Balaban J connectivity index is 2.90. The van der Waals surface area contributed by atoms with Crippen LogP contribution < -0.4 is 0 Å². The third-order valence-corrected chi connectivity index (χ3v) is 3.37. The number of nitrogens with zero attached hydrogens (tertiary/aromatic N) is 2. The third kappa shape index (κ3) is 3.82. The van der Waals surface area contributed by atoms with E-state index in [9.17, 15) is 0 Å². The molecule has 0 saturated heterocycles. The topological polar surface area (TPSA) is 44.2 Å². The molecule has 0 fully saturated rings. The first kappa shape index (κ1) is 13.1. The molecule has 0 saturated carbocycles. The van der Waals surface area contributed by atoms with E-state index in [1.165, 1.54) is 0 Å². The van der Waals surface area contributed by atoms with Crippen molar-refractivity contribution >= 4 is 34.2 Å². The minimum absolute atomic E-state index is 0.379. The summed E-state index contributed by atoms with van der Waals surface area (Å²) in [7, 11) is 1.62. The molecule has 1 aromatic rings. The van der Waals surface area contributed by atoms with Crippen LogP contribution in [0.5, 0.6) is 0 Å². The van der Waals surface area contributed by atoms with Crippen LogP contribution in [0.15, 0.2) is 0 Å². The zero-order chi connectivity index (χ0) is 11.3. The molecule has 0 spiro atoms. The Bertz CT molecular complexity index is 336. The summed E-state index contributed by atoms with van der Waals surface area (Å²) in [6.45, 7) is 3.36. The van der Waals surface area contributed by atoms with Gasteiger partial charge in [0.25, 0.3) is 0 Å². The number of halogens is 2. The fourth-order valence-corrected chi connectivity index (χ4v) is 1.61. The van der Waals surface area contributed by atoms with E-state index in [4.69, 9.17) is 21.1 Å². The van der Waals surface area contributed by atoms with Crippen LogP contribution in [0, 0.1) is 3.57 Å². The van der Waals surface area contributed by atoms with Crippen LogP contribution in [0.1, 0.15) is 18.4 Å². The van der Waals surface area contributed by atoms with Gasteiger partial charge in [0.2, 0.25) is 0 Å². The number of hydrogen-bond acceptors (Lipinski definition) is 4. The summed E-state index contributed by atoms with van der Waals surface area (Å²) in [6, 6.07) is 0. The third-order valence-electron chi connectivity index (χ3n) is 1.64. The zero-order valence-electron chi connectivity index (χ0n) is 8.59. The highest BCUT2D eigenvalue weighted by Crippen LogP contribution is 2.19. The fourth-order valence-electron chi connectivity index (χ4n) is 1.00. The van der Waals surface area contributed by atoms with E-state index < -0.39 is 0 Å². The van der Waals surface area contributed by atoms with Crippen LogP contribution in [0.3, 0.4) is 0 Å². The summed E-state index contributed by atoms with van der Waals surface area (Å²) >= 11 is 8.07. The second kappa shape index (κ2) is 6.57. The van der Waals surface area contributed by atoms with Crippen molar-refractivity contribution in [3.05, 3.63) is 20.2 Å². The highest BCUT2D eigenvalue weighted by atomic mass is 127. The van der Waals surface area contributed by atoms with E-state index in [1.807, 2.05) is 6.92 Å². The van der Waals surface area contributed by atoms with Gasteiger partial charge in [0.05, 0.1) is 15.9 Å². The van der Waals surface area contributed by atoms with E-state index in [2.05, 4.69) is 32.6 Å². The van der Waals surface area contributed by atoms with Gasteiger partial charge in [0.15, 0.2) is 5.82 Å². The summed E-state index contributed by atoms with van der Waals surface area (Å²) in [5.41, 5.74) is 0.799. The molecule has 0 aliphatic rings. The van der Waals surface area contributed by atoms with Crippen molar-refractivity contribution in [3.8, 4) is 0 Å². The van der Waals surface area contributed by atoms with Gasteiger partial charge in [-0.2, -0.15) is 0 Å². The van der Waals surface area contributed by atoms with Crippen molar-refractivity contribution in [3.63, 3.8) is 0 Å². The van der Waals surface area contributed by atoms with Crippen molar-refractivity contribution in [1.82, 2.24) is 9.97 Å². The molecule has 84 valence electrons. The van der Waals surface area contributed by atoms with E-state index >= 15 is 0 Å². The van der Waals surface area contributed by atoms with E-state index in [0.717, 1.165) is 9.26 Å². The number of ether oxygens (including phenoxy) is 2. The minimum atomic E-state index is 0.379. The van der Waals surface area contributed by atoms with Gasteiger partial charge in [0, 0.05) is 13.7 Å². The highest BCUT2D eigenvalue weighted by molar-refractivity contribution is 14.1. The molecule has 1 heterocycles. The number of aromatic nitrogens is 2. The molecular formula is C9H12ClIN2O2. The SMILES string of the molecule is CCOCc1nc(Cl)c(I)c(COC)n1. The molecule has 6 heteroatoms. The van der Waals surface area contributed by atoms with Gasteiger partial charge in [-0.25, -0.2) is 9.97 Å². The van der Waals surface area contributed by atoms with Gasteiger partial charge >= 0.3 is 0 Å². The standard InChI is InChI=1S/C9H12ClIN2O2/c1-3-15-5-7-12-6(4-14-2)8(11)9(10)13-7/h3-5H2,1-2H3. The average molecular weight is 343 g/mol. The van der Waals surface area contributed by atoms with E-state index in [1.54, 1.807) is 7.11 Å². The lowest BCUT2D eigenvalue weighted by atomic mass is 10.4. The molecule has 0 bridgehead atoms. The van der Waals surface area contributed by atoms with Gasteiger partial charge in [-0.05, 0) is 29.5 Å². The average Bonchev–Trinajstić information content (AvgIpc) is 2.22. The zero-order valence-corrected chi connectivity index (χ0v) is 11.5. The number of methoxy groups -OCH3 is 1. The fraction of sp³-hybridized carbons (Fsp3) is 0.556. The van der Waals surface area contributed by atoms with Crippen LogP contribution >= 0.6 is 34.2 Å². The molecule has 0 unspecified atom stereocenters. The van der Waals surface area contributed by atoms with Crippen LogP contribution in [0.25, 0.3) is 0 Å². The molecule has 1 aromatic heterocycles. The lowest BCUT2D eigenvalue weighted by molar-refractivity contribution is 0.127. The first-order valence-electron chi connectivity index (χ1n) is 4.46. The largest absolute Gasteiger partial charge is 0.378 e. The quantitative estimate of drug-likeness (QED) is 0.609. The van der Waals surface area contributed by atoms with Crippen LogP contribution in [-0.2, 0) is 22.7 Å². The van der Waals surface area contributed by atoms with Crippen molar-refractivity contribution in [1.29, 1.82) is 0 Å². The Hall–Kier alpha value is 0.0200. The van der Waals surface area contributed by atoms with Crippen LogP contribution in [0.4, 0.5) is 0 Å². The molecule has 4 nitrogen and oxygen atoms in total. The maximum absolute atomic E-state index is 5.96. The number of hydrogen-bond donors (Lipinski definition) is 0. The van der Waals surface area contributed by atoms with Gasteiger partial charge in [-0.15, -0.1) is 0 Å². The molecule has 0 aromatic carbocycles. The Kier molecular flexibility index (Phi) is 5.73. The van der Waals surface area contributed by atoms with Crippen molar-refractivity contribution in [2.24, 2.45) is 0 Å². The molecule has 0 radical (unpaired) electrons. The van der Waals surface area contributed by atoms with Crippen molar-refractivity contribution < 1.29 is 9.47 Å². The molecule has 0 aliphatic heterocycles. The van der Waals surface area contributed by atoms with Gasteiger partial charge in [0.1, 0.15) is 11.8 Å². The van der Waals surface area contributed by atoms with Crippen molar-refractivity contribution in [2.75, 3.05) is 13.7 Å². The second-order valence-electron chi connectivity index (χ2n) is 2.76. The first-order chi connectivity index (χ1) is 7.19. The summed E-state index contributed by atoms with van der Waals surface area (Å²) in [5.74, 6) is 0.592. The summed E-state index contributed by atoms with van der Waals surface area (Å²) in [6.07, 6.45) is 0. The minimum Gasteiger partial charge on any atom is -0.378 e. The van der Waals surface area contributed by atoms with Gasteiger partial charge in [-0.3, -0.25) is 0 Å². The Morgan fingerprint density at radius 2 is 2.07 bits per heavy atom. The monoisotopic (exact) mass is 342 g/mol. The highest BCUT2D eigenvalue weighted by Gasteiger charge is 2.10. The maximum atomic E-state index is 5.96. The first-order valence-corrected chi connectivity index (χ1v) is 5.92. The molecule has 0 aliphatic carbocycles. The molecular weight excluding hydrogens is 330 g/mol. The Morgan fingerprint density at radius 1 is 1.33 bits per heavy atom. The van der Waals surface area contributed by atoms with E-state index in [-0.39, 0.29) is 0 Å². The molecule has 0 atom stereocenters. The Labute approximate surface area is 107 Å². The summed E-state index contributed by atoms with van der Waals surface area (Å²) in [4.78, 5) is 8.43. The van der Waals surface area contributed by atoms with E-state index in [0.29, 0.717) is 30.8 Å². The summed E-state index contributed by atoms with van der Waals surface area (Å²) < 4.78 is 11.1. The summed E-state index contributed by atoms with van der Waals surface area (Å²) in [5, 5.41) is 0.451. The lowest BCUT2D eigenvalue weighted by Crippen LogP contribution is -2.06. The molecule has 1 rings (SSSR count). The van der Waals surface area contributed by atoms with Gasteiger partial charge < -0.3 is 9.47 Å². The predicted octanol–water partition coefficient (Wildman–Crippen LogP) is 2.42.